The van der Waals surface area contributed by atoms with Crippen molar-refractivity contribution >= 4 is 17.5 Å². The summed E-state index contributed by atoms with van der Waals surface area (Å²) in [5.41, 5.74) is 1.43. The predicted molar refractivity (Wildman–Crippen MR) is 142 cm³/mol. The number of hydrogen-bond acceptors (Lipinski definition) is 9. The van der Waals surface area contributed by atoms with Crippen LogP contribution in [-0.2, 0) is 22.6 Å². The number of hydrogen-bond donors (Lipinski definition) is 5. The zero-order valence-corrected chi connectivity index (χ0v) is 23.1. The number of primary amides is 1. The summed E-state index contributed by atoms with van der Waals surface area (Å²) in [4.78, 5) is 42.8. The van der Waals surface area contributed by atoms with Gasteiger partial charge in [0.1, 0.15) is 28.7 Å². The number of allylic oxidation sites excluding steroid dienone is 1. The van der Waals surface area contributed by atoms with Crippen molar-refractivity contribution in [2.24, 2.45) is 17.6 Å². The van der Waals surface area contributed by atoms with Crippen LogP contribution in [-0.4, -0.2) is 85.5 Å². The van der Waals surface area contributed by atoms with E-state index < -0.39 is 69.6 Å². The van der Waals surface area contributed by atoms with Gasteiger partial charge in [-0.15, -0.1) is 0 Å². The number of halogens is 1. The van der Waals surface area contributed by atoms with Crippen LogP contribution >= 0.6 is 0 Å². The lowest BCUT2D eigenvalue weighted by Crippen LogP contribution is -2.63. The molecular formula is C29H36FN3O7. The highest BCUT2D eigenvalue weighted by molar-refractivity contribution is 6.24. The molecule has 0 spiro atoms. The number of Topliss-reactive ketones (excluding diaryl/α,β-unsaturated/α-hetero) is 2. The molecule has 0 bridgehead atoms. The minimum atomic E-state index is -2.72. The molecule has 1 saturated heterocycles. The van der Waals surface area contributed by atoms with Gasteiger partial charge in [0.25, 0.3) is 5.91 Å². The highest BCUT2D eigenvalue weighted by atomic mass is 19.1. The normalized spacial score (nSPS) is 32.4. The molecule has 1 aliphatic heterocycles. The summed E-state index contributed by atoms with van der Waals surface area (Å²) in [6.45, 7) is 4.43. The fourth-order valence-corrected chi connectivity index (χ4v) is 7.51. The van der Waals surface area contributed by atoms with Crippen LogP contribution in [0.3, 0.4) is 0 Å². The number of aliphatic hydroxyl groups is 3. The van der Waals surface area contributed by atoms with Crippen molar-refractivity contribution in [2.75, 3.05) is 14.1 Å². The van der Waals surface area contributed by atoms with Crippen LogP contribution in [0.1, 0.15) is 61.0 Å². The summed E-state index contributed by atoms with van der Waals surface area (Å²) >= 11 is 0. The second-order valence-corrected chi connectivity index (χ2v) is 11.8. The molecule has 0 saturated carbocycles. The van der Waals surface area contributed by atoms with Crippen molar-refractivity contribution in [1.82, 2.24) is 9.80 Å². The van der Waals surface area contributed by atoms with Crippen LogP contribution in [0.4, 0.5) is 4.39 Å². The number of likely N-dealkylation sites (N-methyl/N-ethyl adjacent to an activating group) is 1. The van der Waals surface area contributed by atoms with E-state index in [4.69, 9.17) is 5.73 Å². The van der Waals surface area contributed by atoms with Crippen molar-refractivity contribution in [3.05, 3.63) is 51.2 Å². The van der Waals surface area contributed by atoms with Gasteiger partial charge in [-0.25, -0.2) is 4.39 Å². The maximum atomic E-state index is 16.1. The van der Waals surface area contributed by atoms with Crippen LogP contribution in [0.2, 0.25) is 0 Å². The SMILES string of the molecule is CCC1CCC(C)N1Cc1cc(O)c2c(c1F)C[C@H]1C[C@H]3[C@H](N(C)C)C(O)=C(C(N)=O)C(=O)[C@@]3(O)C(O)=C1C2=O. The molecular weight excluding hydrogens is 521 g/mol. The first-order valence-corrected chi connectivity index (χ1v) is 13.7. The smallest absolute Gasteiger partial charge is 0.255 e. The third kappa shape index (κ3) is 3.82. The highest BCUT2D eigenvalue weighted by Gasteiger charge is 2.63. The number of likely N-dealkylation sites (tertiary alicyclic amines) is 1. The Kier molecular flexibility index (Phi) is 6.83. The third-order valence-corrected chi connectivity index (χ3v) is 9.51. The zero-order chi connectivity index (χ0) is 29.4. The van der Waals surface area contributed by atoms with Gasteiger partial charge < -0.3 is 26.2 Å². The average molecular weight is 558 g/mol. The number of phenols is 1. The Balaban J connectivity index is 1.62. The topological polar surface area (TPSA) is 165 Å². The molecule has 1 amide bonds. The summed E-state index contributed by atoms with van der Waals surface area (Å²) in [7, 11) is 3.11. The molecule has 6 N–H and O–H groups in total. The second kappa shape index (κ2) is 9.67. The highest BCUT2D eigenvalue weighted by Crippen LogP contribution is 2.52. The van der Waals surface area contributed by atoms with Crippen LogP contribution < -0.4 is 5.73 Å². The molecule has 11 heteroatoms. The van der Waals surface area contributed by atoms with E-state index in [9.17, 15) is 34.8 Å². The molecule has 2 unspecified atom stereocenters. The van der Waals surface area contributed by atoms with Gasteiger partial charge >= 0.3 is 0 Å². The third-order valence-electron chi connectivity index (χ3n) is 9.51. The van der Waals surface area contributed by atoms with Gasteiger partial charge in [-0.1, -0.05) is 6.92 Å². The molecule has 4 aliphatic rings. The lowest BCUT2D eigenvalue weighted by Gasteiger charge is -2.50. The number of nitrogens with two attached hydrogens (primary N) is 1. The van der Waals surface area contributed by atoms with E-state index in [1.807, 2.05) is 0 Å². The number of nitrogens with zero attached hydrogens (tertiary/aromatic N) is 2. The first kappa shape index (κ1) is 28.3. The number of aliphatic hydroxyl groups excluding tert-OH is 2. The number of amides is 1. The number of carbonyl (C=O) groups is 3. The van der Waals surface area contributed by atoms with Crippen LogP contribution in [0.5, 0.6) is 5.75 Å². The van der Waals surface area contributed by atoms with E-state index >= 15 is 4.39 Å². The monoisotopic (exact) mass is 557 g/mol. The molecule has 10 nitrogen and oxygen atoms in total. The standard InChI is InChI=1S/C29H36FN3O7/c1-5-15-7-6-12(2)33(15)11-14-10-18(34)20-16(22(14)30)8-13-9-17-23(32(3)4)25(36)21(28(31)39)27(38)29(17,40)26(37)19(13)24(20)35/h10,12-13,15,17,23,34,36-37,40H,5-9,11H2,1-4H3,(H2,31,39)/t12?,13-,15?,17-,23-,29-/m0/s1. The predicted octanol–water partition coefficient (Wildman–Crippen LogP) is 2.02. The van der Waals surface area contributed by atoms with Crippen molar-refractivity contribution < 1.29 is 39.2 Å². The number of rotatable bonds is 5. The lowest BCUT2D eigenvalue weighted by atomic mass is 9.58. The molecule has 40 heavy (non-hydrogen) atoms. The Labute approximate surface area is 231 Å². The fourth-order valence-electron chi connectivity index (χ4n) is 7.51. The van der Waals surface area contributed by atoms with Gasteiger partial charge in [-0.2, -0.15) is 0 Å². The second-order valence-electron chi connectivity index (χ2n) is 11.8. The Hall–Kier alpha value is -3.28. The van der Waals surface area contributed by atoms with Crippen molar-refractivity contribution in [1.29, 1.82) is 0 Å². The van der Waals surface area contributed by atoms with E-state index in [0.717, 1.165) is 19.3 Å². The molecule has 3 aliphatic carbocycles. The molecule has 0 radical (unpaired) electrons. The summed E-state index contributed by atoms with van der Waals surface area (Å²) in [5, 5.41) is 44.8. The Bertz CT molecular complexity index is 1390. The van der Waals surface area contributed by atoms with E-state index in [1.54, 1.807) is 14.1 Å². The Morgan fingerprint density at radius 3 is 2.50 bits per heavy atom. The molecule has 1 aromatic carbocycles. The van der Waals surface area contributed by atoms with Gasteiger partial charge in [0.15, 0.2) is 11.4 Å². The number of fused-ring (bicyclic) bond motifs is 3. The largest absolute Gasteiger partial charge is 0.510 e. The molecule has 1 aromatic rings. The minimum absolute atomic E-state index is 0.0213. The molecule has 1 fully saturated rings. The van der Waals surface area contributed by atoms with Crippen LogP contribution in [0, 0.1) is 17.7 Å². The molecule has 5 rings (SSSR count). The Morgan fingerprint density at radius 1 is 1.23 bits per heavy atom. The number of phenolic OH excluding ortho intramolecular Hbond substituents is 1. The van der Waals surface area contributed by atoms with E-state index in [-0.39, 0.29) is 53.7 Å². The Morgan fingerprint density at radius 2 is 1.90 bits per heavy atom. The summed E-state index contributed by atoms with van der Waals surface area (Å²) in [6, 6.07) is 0.665. The summed E-state index contributed by atoms with van der Waals surface area (Å²) in [5.74, 6) is -8.12. The number of benzene rings is 1. The number of aromatic hydroxyl groups is 1. The average Bonchev–Trinajstić information content (AvgIpc) is 3.22. The summed E-state index contributed by atoms with van der Waals surface area (Å²) < 4.78 is 16.1. The van der Waals surface area contributed by atoms with Crippen LogP contribution in [0.15, 0.2) is 28.7 Å². The maximum Gasteiger partial charge on any atom is 0.255 e. The van der Waals surface area contributed by atoms with Gasteiger partial charge in [-0.3, -0.25) is 24.2 Å². The quantitative estimate of drug-likeness (QED) is 0.341. The van der Waals surface area contributed by atoms with Crippen molar-refractivity contribution in [2.45, 2.75) is 76.2 Å². The molecule has 216 valence electrons. The van der Waals surface area contributed by atoms with E-state index in [2.05, 4.69) is 18.7 Å². The maximum absolute atomic E-state index is 16.1. The van der Waals surface area contributed by atoms with Crippen LogP contribution in [0.25, 0.3) is 0 Å². The first-order valence-electron chi connectivity index (χ1n) is 13.7. The van der Waals surface area contributed by atoms with Gasteiger partial charge in [-0.05, 0) is 65.1 Å². The summed E-state index contributed by atoms with van der Waals surface area (Å²) in [6.07, 6.45) is 2.73. The minimum Gasteiger partial charge on any atom is -0.510 e. The van der Waals surface area contributed by atoms with E-state index in [1.165, 1.54) is 11.0 Å². The van der Waals surface area contributed by atoms with Gasteiger partial charge in [0.2, 0.25) is 5.78 Å². The molecule has 6 atom stereocenters. The van der Waals surface area contributed by atoms with Crippen molar-refractivity contribution in [3.63, 3.8) is 0 Å². The lowest BCUT2D eigenvalue weighted by molar-refractivity contribution is -0.148. The number of carbonyl (C=O) groups excluding carboxylic acids is 3. The molecule has 0 aromatic heterocycles. The molecule has 1 heterocycles. The van der Waals surface area contributed by atoms with E-state index in [0.29, 0.717) is 0 Å². The van der Waals surface area contributed by atoms with Gasteiger partial charge in [0, 0.05) is 41.2 Å². The van der Waals surface area contributed by atoms with Crippen molar-refractivity contribution in [3.8, 4) is 5.75 Å². The zero-order valence-electron chi connectivity index (χ0n) is 23.1. The number of ketones is 2. The van der Waals surface area contributed by atoms with Gasteiger partial charge in [0.05, 0.1) is 11.6 Å². The fraction of sp³-hybridized carbons (Fsp3) is 0.552. The first-order chi connectivity index (χ1) is 18.7.